The normalized spacial score (nSPS) is 14.6. The summed E-state index contributed by atoms with van der Waals surface area (Å²) in [6.45, 7) is 5.61. The third kappa shape index (κ3) is 3.65. The van der Waals surface area contributed by atoms with Crippen LogP contribution >= 0.6 is 11.3 Å². The van der Waals surface area contributed by atoms with Crippen LogP contribution in [0.3, 0.4) is 0 Å². The Morgan fingerprint density at radius 2 is 2.04 bits per heavy atom. The minimum atomic E-state index is -0.497. The lowest BCUT2D eigenvalue weighted by Crippen LogP contribution is -2.24. The minimum absolute atomic E-state index is 0.171. The van der Waals surface area contributed by atoms with Gasteiger partial charge < -0.3 is 4.84 Å². The summed E-state index contributed by atoms with van der Waals surface area (Å²) in [6, 6.07) is 6.44. The monoisotopic (exact) mass is 385 g/mol. The summed E-state index contributed by atoms with van der Waals surface area (Å²) in [7, 11) is 0. The average Bonchev–Trinajstić information content (AvgIpc) is 3.26. The lowest BCUT2D eigenvalue weighted by molar-refractivity contribution is -0.0381. The van der Waals surface area contributed by atoms with Gasteiger partial charge >= 0.3 is 0 Å². The van der Waals surface area contributed by atoms with E-state index in [1.807, 2.05) is 26.0 Å². The molecule has 27 heavy (non-hydrogen) atoms. The van der Waals surface area contributed by atoms with Crippen molar-refractivity contribution >= 4 is 27.6 Å². The van der Waals surface area contributed by atoms with Gasteiger partial charge in [0.2, 0.25) is 0 Å². The molecule has 7 heteroatoms. The Labute approximate surface area is 160 Å². The second-order valence-corrected chi connectivity index (χ2v) is 7.93. The summed E-state index contributed by atoms with van der Waals surface area (Å²) < 4.78 is 16.4. The first-order chi connectivity index (χ1) is 13.0. The predicted octanol–water partition coefficient (Wildman–Crippen LogP) is 4.40. The molecule has 0 amide bonds. The van der Waals surface area contributed by atoms with Crippen molar-refractivity contribution in [3.05, 3.63) is 57.2 Å². The van der Waals surface area contributed by atoms with Crippen LogP contribution in [-0.2, 0) is 0 Å². The molecule has 0 N–H and O–H groups in total. The maximum Gasteiger partial charge on any atom is 0.275 e. The Kier molecular flexibility index (Phi) is 4.80. The summed E-state index contributed by atoms with van der Waals surface area (Å²) in [5, 5.41) is 1.76. The lowest BCUT2D eigenvalue weighted by atomic mass is 10.2. The number of aromatic nitrogens is 2. The van der Waals surface area contributed by atoms with Crippen LogP contribution in [0.15, 0.2) is 41.0 Å². The highest BCUT2D eigenvalue weighted by molar-refractivity contribution is 7.19. The highest BCUT2D eigenvalue weighted by Crippen LogP contribution is 2.25. The van der Waals surface area contributed by atoms with E-state index in [4.69, 9.17) is 4.84 Å². The first-order valence-corrected chi connectivity index (χ1v) is 9.72. The highest BCUT2D eigenvalue weighted by Gasteiger charge is 2.16. The maximum absolute atomic E-state index is 14.5. The van der Waals surface area contributed by atoms with Gasteiger partial charge in [-0.05, 0) is 51.0 Å². The molecule has 0 unspecified atom stereocenters. The number of benzene rings is 1. The summed E-state index contributed by atoms with van der Waals surface area (Å²) in [5.41, 5.74) is 2.03. The van der Waals surface area contributed by atoms with Crippen molar-refractivity contribution in [2.45, 2.75) is 26.7 Å². The minimum Gasteiger partial charge on any atom is -0.403 e. The van der Waals surface area contributed by atoms with Crippen molar-refractivity contribution in [2.24, 2.45) is 0 Å². The molecule has 1 saturated heterocycles. The van der Waals surface area contributed by atoms with Crippen molar-refractivity contribution in [3.8, 4) is 11.4 Å². The Bertz CT molecular complexity index is 1080. The Hall–Kier alpha value is -2.51. The van der Waals surface area contributed by atoms with Crippen LogP contribution in [0.25, 0.3) is 22.0 Å². The third-order valence-corrected chi connectivity index (χ3v) is 5.43. The van der Waals surface area contributed by atoms with Crippen LogP contribution in [0.5, 0.6) is 5.75 Å². The van der Waals surface area contributed by atoms with Gasteiger partial charge in [0.25, 0.3) is 5.56 Å². The highest BCUT2D eigenvalue weighted by atomic mass is 32.1. The zero-order valence-corrected chi connectivity index (χ0v) is 16.1. The van der Waals surface area contributed by atoms with Crippen LogP contribution < -0.4 is 10.4 Å². The molecule has 0 saturated carbocycles. The molecule has 140 valence electrons. The predicted molar refractivity (Wildman–Crippen MR) is 106 cm³/mol. The number of hydroxylamine groups is 2. The van der Waals surface area contributed by atoms with Gasteiger partial charge in [-0.2, -0.15) is 0 Å². The molecule has 4 rings (SSSR count). The topological polar surface area (TPSA) is 47.4 Å². The van der Waals surface area contributed by atoms with E-state index >= 15 is 0 Å². The first-order valence-electron chi connectivity index (χ1n) is 8.90. The molecule has 1 aromatic carbocycles. The quantitative estimate of drug-likeness (QED) is 0.668. The Morgan fingerprint density at radius 1 is 1.26 bits per heavy atom. The molecule has 0 atom stereocenters. The number of allylic oxidation sites excluding steroid dienone is 1. The van der Waals surface area contributed by atoms with E-state index in [9.17, 15) is 9.18 Å². The van der Waals surface area contributed by atoms with Gasteiger partial charge in [0, 0.05) is 24.0 Å². The fraction of sp³-hybridized carbons (Fsp3) is 0.300. The molecule has 2 aromatic heterocycles. The van der Waals surface area contributed by atoms with Gasteiger partial charge in [0.15, 0.2) is 11.6 Å². The van der Waals surface area contributed by atoms with Crippen molar-refractivity contribution in [1.82, 2.24) is 14.6 Å². The van der Waals surface area contributed by atoms with E-state index in [-0.39, 0.29) is 11.3 Å². The third-order valence-electron chi connectivity index (χ3n) is 4.37. The molecule has 0 radical (unpaired) electrons. The number of hydrogen-bond acceptors (Lipinski definition) is 5. The van der Waals surface area contributed by atoms with Crippen molar-refractivity contribution in [1.29, 1.82) is 0 Å². The van der Waals surface area contributed by atoms with Crippen LogP contribution in [0.1, 0.15) is 31.6 Å². The zero-order valence-electron chi connectivity index (χ0n) is 15.2. The van der Waals surface area contributed by atoms with Gasteiger partial charge in [0.05, 0.1) is 11.2 Å². The molecule has 5 nitrogen and oxygen atoms in total. The van der Waals surface area contributed by atoms with Crippen molar-refractivity contribution < 1.29 is 9.23 Å². The number of hydrogen-bond donors (Lipinski definition) is 0. The van der Waals surface area contributed by atoms with E-state index in [0.29, 0.717) is 15.9 Å². The summed E-state index contributed by atoms with van der Waals surface area (Å²) in [5.74, 6) is -0.326. The standard InChI is InChI=1S/C20H20FN3O2S/c1-13(2)9-15-11-17-19(27-15)20(25)24(12-22-17)14-5-6-18(16(21)10-14)26-23-7-3-4-8-23/h5-6,9-12H,3-4,7-8H2,1-2H3. The van der Waals surface area contributed by atoms with E-state index in [1.54, 1.807) is 17.2 Å². The van der Waals surface area contributed by atoms with E-state index in [2.05, 4.69) is 4.98 Å². The van der Waals surface area contributed by atoms with E-state index < -0.39 is 5.82 Å². The maximum atomic E-state index is 14.5. The fourth-order valence-corrected chi connectivity index (χ4v) is 4.21. The lowest BCUT2D eigenvalue weighted by Gasteiger charge is -2.16. The summed E-state index contributed by atoms with van der Waals surface area (Å²) in [6.07, 6.45) is 5.56. The van der Waals surface area contributed by atoms with Crippen LogP contribution in [0.4, 0.5) is 4.39 Å². The molecule has 0 aliphatic carbocycles. The molecule has 0 spiro atoms. The molecule has 1 fully saturated rings. The van der Waals surface area contributed by atoms with Crippen molar-refractivity contribution in [3.63, 3.8) is 0 Å². The van der Waals surface area contributed by atoms with E-state index in [0.717, 1.165) is 36.4 Å². The molecule has 1 aliphatic rings. The second-order valence-electron chi connectivity index (χ2n) is 6.85. The molecular formula is C20H20FN3O2S. The van der Waals surface area contributed by atoms with Gasteiger partial charge in [-0.15, -0.1) is 16.4 Å². The smallest absolute Gasteiger partial charge is 0.275 e. The number of rotatable bonds is 4. The number of fused-ring (bicyclic) bond motifs is 1. The van der Waals surface area contributed by atoms with Gasteiger partial charge in [-0.3, -0.25) is 9.36 Å². The zero-order chi connectivity index (χ0) is 19.0. The first kappa shape index (κ1) is 17.9. The average molecular weight is 385 g/mol. The van der Waals surface area contributed by atoms with Gasteiger partial charge in [-0.25, -0.2) is 9.37 Å². The van der Waals surface area contributed by atoms with Gasteiger partial charge in [-0.1, -0.05) is 5.57 Å². The number of halogens is 1. The SMILES string of the molecule is CC(C)=Cc1cc2ncn(-c3ccc(ON4CCCC4)c(F)c3)c(=O)c2s1. The Morgan fingerprint density at radius 3 is 2.74 bits per heavy atom. The molecular weight excluding hydrogens is 365 g/mol. The van der Waals surface area contributed by atoms with Crippen LogP contribution in [0, 0.1) is 5.82 Å². The van der Waals surface area contributed by atoms with Crippen molar-refractivity contribution in [2.75, 3.05) is 13.1 Å². The fourth-order valence-electron chi connectivity index (χ4n) is 3.10. The number of nitrogens with zero attached hydrogens (tertiary/aromatic N) is 3. The molecule has 3 heterocycles. The van der Waals surface area contributed by atoms with Gasteiger partial charge in [0.1, 0.15) is 11.0 Å². The number of thiophene rings is 1. The largest absolute Gasteiger partial charge is 0.403 e. The Balaban J connectivity index is 1.69. The second kappa shape index (κ2) is 7.25. The molecule has 3 aromatic rings. The van der Waals surface area contributed by atoms with Crippen LogP contribution in [0.2, 0.25) is 0 Å². The molecule has 0 bridgehead atoms. The van der Waals surface area contributed by atoms with E-state index in [1.165, 1.54) is 28.3 Å². The molecule has 1 aliphatic heterocycles. The van der Waals surface area contributed by atoms with Crippen LogP contribution in [-0.4, -0.2) is 27.7 Å². The summed E-state index contributed by atoms with van der Waals surface area (Å²) in [4.78, 5) is 23.8. The summed E-state index contributed by atoms with van der Waals surface area (Å²) >= 11 is 1.39.